The monoisotopic (exact) mass is 241 g/mol. The van der Waals surface area contributed by atoms with Crippen LogP contribution < -0.4 is 0 Å². The van der Waals surface area contributed by atoms with Crippen molar-refractivity contribution in [2.75, 3.05) is 6.61 Å². The number of nitro groups is 1. The summed E-state index contributed by atoms with van der Waals surface area (Å²) in [5, 5.41) is 10.5. The highest BCUT2D eigenvalue weighted by molar-refractivity contribution is 5.36. The lowest BCUT2D eigenvalue weighted by molar-refractivity contribution is -0.387. The maximum absolute atomic E-state index is 13.6. The molecule has 0 unspecified atom stereocenters. The molecule has 1 rings (SSSR count). The van der Waals surface area contributed by atoms with E-state index < -0.39 is 16.4 Å². The van der Waals surface area contributed by atoms with E-state index in [9.17, 15) is 14.5 Å². The van der Waals surface area contributed by atoms with Gasteiger partial charge in [-0.1, -0.05) is 26.0 Å². The molecule has 0 aliphatic rings. The predicted octanol–water partition coefficient (Wildman–Crippen LogP) is 3.30. The summed E-state index contributed by atoms with van der Waals surface area (Å²) < 4.78 is 18.9. The predicted molar refractivity (Wildman–Crippen MR) is 62.2 cm³/mol. The van der Waals surface area contributed by atoms with Gasteiger partial charge in [-0.15, -0.1) is 0 Å². The molecule has 0 aromatic heterocycles. The Morgan fingerprint density at radius 1 is 1.47 bits per heavy atom. The third-order valence-electron chi connectivity index (χ3n) is 2.35. The maximum atomic E-state index is 13.6. The van der Waals surface area contributed by atoms with Crippen LogP contribution >= 0.6 is 0 Å². The van der Waals surface area contributed by atoms with Crippen LogP contribution in [0, 0.1) is 21.8 Å². The van der Waals surface area contributed by atoms with Crippen LogP contribution in [-0.4, -0.2) is 11.5 Å². The maximum Gasteiger partial charge on any atom is 0.305 e. The fourth-order valence-corrected chi connectivity index (χ4v) is 1.32. The Hall–Kier alpha value is -1.49. The molecular formula is C12H16FNO3. The standard InChI is InChI=1S/C12H16FNO3/c1-9(2)6-7-17-8-10-4-3-5-11(12(10)13)14(15)16/h3-5,9H,6-8H2,1-2H3. The van der Waals surface area contributed by atoms with Crippen LogP contribution in [0.4, 0.5) is 10.1 Å². The van der Waals surface area contributed by atoms with Gasteiger partial charge in [-0.3, -0.25) is 10.1 Å². The number of halogens is 1. The van der Waals surface area contributed by atoms with E-state index in [4.69, 9.17) is 4.74 Å². The van der Waals surface area contributed by atoms with Gasteiger partial charge >= 0.3 is 5.69 Å². The average Bonchev–Trinajstić information content (AvgIpc) is 2.25. The number of rotatable bonds is 6. The molecule has 1 aromatic carbocycles. The average molecular weight is 241 g/mol. The van der Waals surface area contributed by atoms with Gasteiger partial charge in [-0.2, -0.15) is 4.39 Å². The smallest absolute Gasteiger partial charge is 0.305 e. The van der Waals surface area contributed by atoms with Crippen molar-refractivity contribution < 1.29 is 14.1 Å². The first-order chi connectivity index (χ1) is 8.02. The van der Waals surface area contributed by atoms with Crippen LogP contribution in [0.2, 0.25) is 0 Å². The first kappa shape index (κ1) is 13.6. The molecule has 0 aliphatic heterocycles. The molecule has 0 heterocycles. The number of hydrogen-bond acceptors (Lipinski definition) is 3. The molecule has 94 valence electrons. The molecule has 0 amide bonds. The summed E-state index contributed by atoms with van der Waals surface area (Å²) in [6, 6.07) is 4.10. The first-order valence-electron chi connectivity index (χ1n) is 5.52. The summed E-state index contributed by atoms with van der Waals surface area (Å²) in [7, 11) is 0. The minimum absolute atomic E-state index is 0.0697. The SMILES string of the molecule is CC(C)CCOCc1cccc([N+](=O)[O-])c1F. The Balaban J connectivity index is 2.59. The highest BCUT2D eigenvalue weighted by Crippen LogP contribution is 2.20. The van der Waals surface area contributed by atoms with Gasteiger partial charge in [0.2, 0.25) is 5.82 Å². The van der Waals surface area contributed by atoms with Crippen molar-refractivity contribution in [3.8, 4) is 0 Å². The third-order valence-corrected chi connectivity index (χ3v) is 2.35. The van der Waals surface area contributed by atoms with Gasteiger partial charge < -0.3 is 4.74 Å². The normalized spacial score (nSPS) is 10.8. The fourth-order valence-electron chi connectivity index (χ4n) is 1.32. The van der Waals surface area contributed by atoms with Gasteiger partial charge in [-0.25, -0.2) is 0 Å². The molecule has 0 radical (unpaired) electrons. The molecule has 0 atom stereocenters. The second-order valence-corrected chi connectivity index (χ2v) is 4.24. The molecule has 0 fully saturated rings. The summed E-state index contributed by atoms with van der Waals surface area (Å²) in [5.41, 5.74) is -0.280. The quantitative estimate of drug-likeness (QED) is 0.436. The third kappa shape index (κ3) is 4.11. The zero-order valence-electron chi connectivity index (χ0n) is 9.98. The Labute approximate surface area is 99.6 Å². The van der Waals surface area contributed by atoms with E-state index in [1.54, 1.807) is 0 Å². The van der Waals surface area contributed by atoms with Crippen molar-refractivity contribution in [2.24, 2.45) is 5.92 Å². The molecular weight excluding hydrogens is 225 g/mol. The van der Waals surface area contributed by atoms with Gasteiger partial charge in [-0.05, 0) is 12.3 Å². The summed E-state index contributed by atoms with van der Waals surface area (Å²) in [6.45, 7) is 4.73. The van der Waals surface area contributed by atoms with Crippen LogP contribution in [0.15, 0.2) is 18.2 Å². The van der Waals surface area contributed by atoms with Crippen LogP contribution in [0.3, 0.4) is 0 Å². The highest BCUT2D eigenvalue weighted by atomic mass is 19.1. The molecule has 17 heavy (non-hydrogen) atoms. The number of nitro benzene ring substituents is 1. The summed E-state index contributed by atoms with van der Waals surface area (Å²) in [4.78, 5) is 9.79. The minimum Gasteiger partial charge on any atom is -0.377 e. The second-order valence-electron chi connectivity index (χ2n) is 4.24. The molecule has 1 aromatic rings. The number of benzene rings is 1. The van der Waals surface area contributed by atoms with E-state index in [2.05, 4.69) is 13.8 Å². The second kappa shape index (κ2) is 6.30. The number of hydrogen-bond donors (Lipinski definition) is 0. The lowest BCUT2D eigenvalue weighted by atomic mass is 10.1. The van der Waals surface area contributed by atoms with E-state index in [0.717, 1.165) is 12.5 Å². The van der Waals surface area contributed by atoms with Gasteiger partial charge in [0.15, 0.2) is 0 Å². The van der Waals surface area contributed by atoms with Crippen molar-refractivity contribution in [1.82, 2.24) is 0 Å². The molecule has 0 N–H and O–H groups in total. The van der Waals surface area contributed by atoms with Crippen LogP contribution in [-0.2, 0) is 11.3 Å². The highest BCUT2D eigenvalue weighted by Gasteiger charge is 2.16. The lowest BCUT2D eigenvalue weighted by Gasteiger charge is -2.07. The van der Waals surface area contributed by atoms with Gasteiger partial charge in [0.1, 0.15) is 0 Å². The fraction of sp³-hybridized carbons (Fsp3) is 0.500. The van der Waals surface area contributed by atoms with Crippen molar-refractivity contribution in [2.45, 2.75) is 26.9 Å². The van der Waals surface area contributed by atoms with E-state index in [-0.39, 0.29) is 12.2 Å². The van der Waals surface area contributed by atoms with E-state index in [0.29, 0.717) is 12.5 Å². The molecule has 0 saturated carbocycles. The Bertz CT molecular complexity index is 393. The van der Waals surface area contributed by atoms with Crippen molar-refractivity contribution >= 4 is 5.69 Å². The molecule has 0 saturated heterocycles. The van der Waals surface area contributed by atoms with Gasteiger partial charge in [0.05, 0.1) is 11.5 Å². The number of ether oxygens (including phenoxy) is 1. The van der Waals surface area contributed by atoms with Crippen molar-refractivity contribution in [3.05, 3.63) is 39.7 Å². The van der Waals surface area contributed by atoms with E-state index in [1.165, 1.54) is 12.1 Å². The van der Waals surface area contributed by atoms with Crippen molar-refractivity contribution in [3.63, 3.8) is 0 Å². The molecule has 4 nitrogen and oxygen atoms in total. The lowest BCUT2D eigenvalue weighted by Crippen LogP contribution is -2.02. The Kier molecular flexibility index (Phi) is 5.03. The van der Waals surface area contributed by atoms with Gasteiger partial charge in [0, 0.05) is 18.2 Å². The topological polar surface area (TPSA) is 52.4 Å². The van der Waals surface area contributed by atoms with Crippen LogP contribution in [0.1, 0.15) is 25.8 Å². The zero-order chi connectivity index (χ0) is 12.8. The Morgan fingerprint density at radius 2 is 2.18 bits per heavy atom. The summed E-state index contributed by atoms with van der Waals surface area (Å²) >= 11 is 0. The molecule has 0 aliphatic carbocycles. The van der Waals surface area contributed by atoms with E-state index in [1.807, 2.05) is 0 Å². The summed E-state index contributed by atoms with van der Waals surface area (Å²) in [6.07, 6.45) is 0.885. The largest absolute Gasteiger partial charge is 0.377 e. The molecule has 5 heteroatoms. The number of nitrogens with zero attached hydrogens (tertiary/aromatic N) is 1. The first-order valence-corrected chi connectivity index (χ1v) is 5.52. The summed E-state index contributed by atoms with van der Waals surface area (Å²) in [5.74, 6) is -0.285. The zero-order valence-corrected chi connectivity index (χ0v) is 9.98. The van der Waals surface area contributed by atoms with E-state index >= 15 is 0 Å². The van der Waals surface area contributed by atoms with Crippen LogP contribution in [0.25, 0.3) is 0 Å². The minimum atomic E-state index is -0.804. The van der Waals surface area contributed by atoms with Crippen molar-refractivity contribution in [1.29, 1.82) is 0 Å². The molecule has 0 bridgehead atoms. The molecule has 0 spiro atoms. The van der Waals surface area contributed by atoms with Gasteiger partial charge in [0.25, 0.3) is 0 Å². The Morgan fingerprint density at radius 3 is 2.76 bits per heavy atom. The van der Waals surface area contributed by atoms with Crippen LogP contribution in [0.5, 0.6) is 0 Å².